The van der Waals surface area contributed by atoms with E-state index in [0.717, 1.165) is 29.9 Å². The SMILES string of the molecule is C[n+]1cccc2c1B1c3c(ncnc3Cc3ncc[n+](C)c31)C2. The Balaban J connectivity index is 1.91. The van der Waals surface area contributed by atoms with E-state index in [1.54, 1.807) is 6.33 Å². The predicted molar refractivity (Wildman–Crippen MR) is 85.3 cm³/mol. The normalized spacial score (nSPS) is 14.1. The number of fused-ring (bicyclic) bond motifs is 4. The second-order valence-electron chi connectivity index (χ2n) is 6.37. The van der Waals surface area contributed by atoms with Crippen molar-refractivity contribution < 1.29 is 9.13 Å². The van der Waals surface area contributed by atoms with Crippen LogP contribution in [0.4, 0.5) is 0 Å². The van der Waals surface area contributed by atoms with E-state index in [4.69, 9.17) is 0 Å². The van der Waals surface area contributed by atoms with Gasteiger partial charge in [0.15, 0.2) is 23.6 Å². The molecule has 110 valence electrons. The van der Waals surface area contributed by atoms with Gasteiger partial charge in [0.25, 0.3) is 0 Å². The number of nitrogens with zero attached hydrogens (tertiary/aromatic N) is 5. The van der Waals surface area contributed by atoms with E-state index >= 15 is 0 Å². The van der Waals surface area contributed by atoms with Gasteiger partial charge in [0, 0.05) is 35.9 Å². The van der Waals surface area contributed by atoms with Crippen LogP contribution in [0.5, 0.6) is 0 Å². The number of hydrogen-bond donors (Lipinski definition) is 0. The molecule has 0 aliphatic carbocycles. The molecule has 2 aliphatic rings. The fourth-order valence-electron chi connectivity index (χ4n) is 4.13. The van der Waals surface area contributed by atoms with Gasteiger partial charge in [-0.25, -0.2) is 24.1 Å². The zero-order chi connectivity index (χ0) is 15.6. The van der Waals surface area contributed by atoms with Gasteiger partial charge in [0.05, 0.1) is 6.20 Å². The summed E-state index contributed by atoms with van der Waals surface area (Å²) in [5, 5.41) is 0. The molecule has 0 unspecified atom stereocenters. The Morgan fingerprint density at radius 3 is 2.57 bits per heavy atom. The maximum absolute atomic E-state index is 4.64. The summed E-state index contributed by atoms with van der Waals surface area (Å²) in [5.74, 6) is 0. The quantitative estimate of drug-likeness (QED) is 0.242. The average molecular weight is 301 g/mol. The third kappa shape index (κ3) is 1.66. The number of rotatable bonds is 0. The summed E-state index contributed by atoms with van der Waals surface area (Å²) in [6, 6.07) is 4.32. The van der Waals surface area contributed by atoms with Crippen molar-refractivity contribution in [2.75, 3.05) is 0 Å². The van der Waals surface area contributed by atoms with Crippen LogP contribution in [0.15, 0.2) is 37.1 Å². The molecule has 3 aromatic rings. The molecule has 0 amide bonds. The Bertz CT molecular complexity index is 863. The molecule has 3 aromatic heterocycles. The smallest absolute Gasteiger partial charge is 0.249 e. The van der Waals surface area contributed by atoms with Crippen LogP contribution in [0.1, 0.15) is 22.6 Å². The van der Waals surface area contributed by atoms with Crippen molar-refractivity contribution in [1.82, 2.24) is 15.0 Å². The van der Waals surface area contributed by atoms with E-state index in [2.05, 4.69) is 56.5 Å². The molecule has 5 heterocycles. The third-order valence-corrected chi connectivity index (χ3v) is 5.09. The number of pyridine rings is 1. The summed E-state index contributed by atoms with van der Waals surface area (Å²) in [5.41, 5.74) is 8.63. The van der Waals surface area contributed by atoms with E-state index in [0.29, 0.717) is 0 Å². The topological polar surface area (TPSA) is 46.4 Å². The maximum Gasteiger partial charge on any atom is 0.412 e. The highest BCUT2D eigenvalue weighted by Crippen LogP contribution is 2.16. The monoisotopic (exact) mass is 301 g/mol. The predicted octanol–water partition coefficient (Wildman–Crippen LogP) is -2.15. The molecular formula is C17H16BN5+2. The van der Waals surface area contributed by atoms with Crippen molar-refractivity contribution in [2.45, 2.75) is 12.8 Å². The van der Waals surface area contributed by atoms with Gasteiger partial charge in [-0.3, -0.25) is 0 Å². The van der Waals surface area contributed by atoms with Crippen LogP contribution in [0, 0.1) is 0 Å². The molecule has 0 fully saturated rings. The number of hydrogen-bond acceptors (Lipinski definition) is 3. The molecule has 0 bridgehead atoms. The van der Waals surface area contributed by atoms with Crippen molar-refractivity contribution in [1.29, 1.82) is 0 Å². The van der Waals surface area contributed by atoms with Crippen molar-refractivity contribution >= 4 is 23.4 Å². The Labute approximate surface area is 134 Å². The minimum absolute atomic E-state index is 0.165. The summed E-state index contributed by atoms with van der Waals surface area (Å²) >= 11 is 0. The minimum Gasteiger partial charge on any atom is -0.249 e. The zero-order valence-corrected chi connectivity index (χ0v) is 13.2. The minimum atomic E-state index is 0.165. The second-order valence-corrected chi connectivity index (χ2v) is 6.37. The molecule has 5 rings (SSSR count). The van der Waals surface area contributed by atoms with E-state index in [1.807, 2.05) is 12.4 Å². The molecular weight excluding hydrogens is 285 g/mol. The Hall–Kier alpha value is -2.63. The standard InChI is InChI=1S/C17H16BN5/c1-22-6-3-4-11-8-12-15-13(21-10-20-12)9-14-17(18(15)16(11)22)23(2)7-5-19-14/h3-7,10H,8-9H2,1-2H3/q+2. The van der Waals surface area contributed by atoms with Gasteiger partial charge < -0.3 is 0 Å². The van der Waals surface area contributed by atoms with Crippen molar-refractivity contribution in [3.8, 4) is 0 Å². The van der Waals surface area contributed by atoms with Gasteiger partial charge in [-0.1, -0.05) is 0 Å². The molecule has 0 saturated carbocycles. The van der Waals surface area contributed by atoms with Crippen molar-refractivity contribution in [3.05, 3.63) is 59.7 Å². The van der Waals surface area contributed by atoms with Crippen molar-refractivity contribution in [3.63, 3.8) is 0 Å². The van der Waals surface area contributed by atoms with Crippen LogP contribution in [0.25, 0.3) is 0 Å². The first-order valence-electron chi connectivity index (χ1n) is 7.87. The third-order valence-electron chi connectivity index (χ3n) is 5.09. The van der Waals surface area contributed by atoms with Gasteiger partial charge in [0.1, 0.15) is 26.1 Å². The summed E-state index contributed by atoms with van der Waals surface area (Å²) in [6.07, 6.45) is 9.40. The molecule has 0 atom stereocenters. The lowest BCUT2D eigenvalue weighted by Gasteiger charge is -2.26. The van der Waals surface area contributed by atoms with Gasteiger partial charge in [0.2, 0.25) is 0 Å². The van der Waals surface area contributed by atoms with Crippen LogP contribution in [0.2, 0.25) is 0 Å². The highest BCUT2D eigenvalue weighted by atomic mass is 15.0. The van der Waals surface area contributed by atoms with Gasteiger partial charge in [-0.15, -0.1) is 0 Å². The maximum atomic E-state index is 4.64. The molecule has 0 aromatic carbocycles. The summed E-state index contributed by atoms with van der Waals surface area (Å²) in [7, 11) is 4.23. The molecule has 2 aliphatic heterocycles. The van der Waals surface area contributed by atoms with E-state index in [-0.39, 0.29) is 6.71 Å². The number of aryl methyl sites for hydroxylation is 2. The van der Waals surface area contributed by atoms with Crippen LogP contribution in [-0.4, -0.2) is 21.7 Å². The lowest BCUT2D eigenvalue weighted by atomic mass is 9.34. The van der Waals surface area contributed by atoms with Crippen LogP contribution < -0.4 is 25.8 Å². The molecule has 23 heavy (non-hydrogen) atoms. The summed E-state index contributed by atoms with van der Waals surface area (Å²) in [6.45, 7) is 0.165. The largest absolute Gasteiger partial charge is 0.412 e. The summed E-state index contributed by atoms with van der Waals surface area (Å²) in [4.78, 5) is 13.8. The molecule has 0 radical (unpaired) electrons. The van der Waals surface area contributed by atoms with Crippen molar-refractivity contribution in [2.24, 2.45) is 14.1 Å². The van der Waals surface area contributed by atoms with Crippen LogP contribution in [0.3, 0.4) is 0 Å². The van der Waals surface area contributed by atoms with E-state index in [1.165, 1.54) is 22.2 Å². The Morgan fingerprint density at radius 1 is 0.913 bits per heavy atom. The molecule has 0 N–H and O–H groups in total. The zero-order valence-electron chi connectivity index (χ0n) is 13.2. The van der Waals surface area contributed by atoms with Gasteiger partial charge in [-0.2, -0.15) is 0 Å². The first kappa shape index (κ1) is 12.9. The van der Waals surface area contributed by atoms with Gasteiger partial charge >= 0.3 is 6.71 Å². The lowest BCUT2D eigenvalue weighted by molar-refractivity contribution is -0.659. The highest BCUT2D eigenvalue weighted by molar-refractivity contribution is 6.95. The molecule has 0 spiro atoms. The lowest BCUT2D eigenvalue weighted by Crippen LogP contribution is -2.75. The van der Waals surface area contributed by atoms with Crippen LogP contribution >= 0.6 is 0 Å². The first-order valence-corrected chi connectivity index (χ1v) is 7.87. The highest BCUT2D eigenvalue weighted by Gasteiger charge is 2.49. The second kappa shape index (κ2) is 4.44. The fourth-order valence-corrected chi connectivity index (χ4v) is 4.13. The van der Waals surface area contributed by atoms with Gasteiger partial charge in [-0.05, 0) is 11.5 Å². The first-order chi connectivity index (χ1) is 11.2. The number of aromatic nitrogens is 5. The summed E-state index contributed by atoms with van der Waals surface area (Å²) < 4.78 is 4.44. The Morgan fingerprint density at radius 2 is 1.70 bits per heavy atom. The average Bonchev–Trinajstić information content (AvgIpc) is 2.55. The molecule has 6 heteroatoms. The van der Waals surface area contributed by atoms with E-state index < -0.39 is 0 Å². The molecule has 5 nitrogen and oxygen atoms in total. The van der Waals surface area contributed by atoms with Crippen LogP contribution in [-0.2, 0) is 26.9 Å². The fraction of sp³-hybridized carbons (Fsp3) is 0.235. The molecule has 0 saturated heterocycles. The van der Waals surface area contributed by atoms with E-state index in [9.17, 15) is 0 Å². The Kier molecular flexibility index (Phi) is 2.49.